The van der Waals surface area contributed by atoms with E-state index < -0.39 is 0 Å². The first-order valence-electron chi connectivity index (χ1n) is 7.84. The van der Waals surface area contributed by atoms with Gasteiger partial charge in [0.05, 0.1) is 11.0 Å². The van der Waals surface area contributed by atoms with E-state index in [9.17, 15) is 0 Å². The molecule has 1 heterocycles. The molecule has 0 saturated carbocycles. The van der Waals surface area contributed by atoms with Gasteiger partial charge in [0.1, 0.15) is 5.82 Å². The Morgan fingerprint density at radius 3 is 2.45 bits per heavy atom. The molecular weight excluding hydrogens is 292 g/mol. The third kappa shape index (κ3) is 2.64. The second-order valence-electron chi connectivity index (χ2n) is 5.94. The van der Waals surface area contributed by atoms with Crippen molar-refractivity contribution < 1.29 is 0 Å². The quantitative estimate of drug-likeness (QED) is 0.594. The Morgan fingerprint density at radius 1 is 1.09 bits per heavy atom. The van der Waals surface area contributed by atoms with E-state index in [1.165, 1.54) is 5.56 Å². The standard InChI is InChI=1S/C19H21ClN2/c1-4-16(14-8-6-5-7-9-14)19-21-17-11-10-15(20)12-18(17)22(19)13(2)3/h5-13,16H,4H2,1-3H3. The van der Waals surface area contributed by atoms with E-state index in [0.717, 1.165) is 28.3 Å². The summed E-state index contributed by atoms with van der Waals surface area (Å²) in [6, 6.07) is 16.9. The van der Waals surface area contributed by atoms with Crippen LogP contribution in [0.2, 0.25) is 5.02 Å². The van der Waals surface area contributed by atoms with Gasteiger partial charge in [-0.05, 0) is 44.0 Å². The van der Waals surface area contributed by atoms with Gasteiger partial charge in [0.2, 0.25) is 0 Å². The first-order chi connectivity index (χ1) is 10.6. The normalized spacial score (nSPS) is 13.0. The zero-order valence-corrected chi connectivity index (χ0v) is 14.0. The van der Waals surface area contributed by atoms with Crippen molar-refractivity contribution in [3.8, 4) is 0 Å². The van der Waals surface area contributed by atoms with Crippen LogP contribution < -0.4 is 0 Å². The summed E-state index contributed by atoms with van der Waals surface area (Å²) in [5.74, 6) is 1.43. The lowest BCUT2D eigenvalue weighted by molar-refractivity contribution is 0.557. The van der Waals surface area contributed by atoms with Crippen molar-refractivity contribution in [2.24, 2.45) is 0 Å². The highest BCUT2D eigenvalue weighted by molar-refractivity contribution is 6.31. The molecule has 1 unspecified atom stereocenters. The van der Waals surface area contributed by atoms with Crippen molar-refractivity contribution in [1.29, 1.82) is 0 Å². The van der Waals surface area contributed by atoms with Gasteiger partial charge in [-0.1, -0.05) is 48.9 Å². The van der Waals surface area contributed by atoms with E-state index in [2.05, 4.69) is 55.7 Å². The van der Waals surface area contributed by atoms with Gasteiger partial charge in [0.15, 0.2) is 0 Å². The third-order valence-corrected chi connectivity index (χ3v) is 4.35. The lowest BCUT2D eigenvalue weighted by Gasteiger charge is -2.20. The highest BCUT2D eigenvalue weighted by Crippen LogP contribution is 2.33. The smallest absolute Gasteiger partial charge is 0.117 e. The van der Waals surface area contributed by atoms with Crippen LogP contribution >= 0.6 is 11.6 Å². The van der Waals surface area contributed by atoms with Gasteiger partial charge in [0, 0.05) is 17.0 Å². The molecule has 0 aliphatic carbocycles. The molecule has 0 amide bonds. The van der Waals surface area contributed by atoms with Gasteiger partial charge >= 0.3 is 0 Å². The summed E-state index contributed by atoms with van der Waals surface area (Å²) in [4.78, 5) is 4.93. The molecule has 1 atom stereocenters. The van der Waals surface area contributed by atoms with Crippen LogP contribution in [0.3, 0.4) is 0 Å². The third-order valence-electron chi connectivity index (χ3n) is 4.12. The van der Waals surface area contributed by atoms with Crippen molar-refractivity contribution >= 4 is 22.6 Å². The van der Waals surface area contributed by atoms with E-state index in [0.29, 0.717) is 12.0 Å². The minimum atomic E-state index is 0.301. The topological polar surface area (TPSA) is 17.8 Å². The Labute approximate surface area is 136 Å². The molecule has 0 N–H and O–H groups in total. The maximum Gasteiger partial charge on any atom is 0.117 e. The summed E-state index contributed by atoms with van der Waals surface area (Å²) in [5, 5.41) is 0.758. The lowest BCUT2D eigenvalue weighted by atomic mass is 9.95. The van der Waals surface area contributed by atoms with Crippen LogP contribution in [0, 0.1) is 0 Å². The number of benzene rings is 2. The molecule has 0 aliphatic rings. The molecule has 22 heavy (non-hydrogen) atoms. The molecule has 0 aliphatic heterocycles. The second-order valence-corrected chi connectivity index (χ2v) is 6.37. The Hall–Kier alpha value is -1.80. The van der Waals surface area contributed by atoms with Crippen LogP contribution in [0.1, 0.15) is 50.5 Å². The van der Waals surface area contributed by atoms with Crippen LogP contribution in [0.4, 0.5) is 0 Å². The van der Waals surface area contributed by atoms with Gasteiger partial charge in [-0.3, -0.25) is 0 Å². The summed E-state index contributed by atoms with van der Waals surface area (Å²) in [6.07, 6.45) is 1.02. The molecule has 0 radical (unpaired) electrons. The minimum Gasteiger partial charge on any atom is -0.325 e. The average Bonchev–Trinajstić information content (AvgIpc) is 2.87. The number of halogens is 1. The Bertz CT molecular complexity index is 775. The minimum absolute atomic E-state index is 0.301. The van der Waals surface area contributed by atoms with E-state index in [4.69, 9.17) is 16.6 Å². The van der Waals surface area contributed by atoms with E-state index in [1.807, 2.05) is 18.2 Å². The predicted molar refractivity (Wildman–Crippen MR) is 93.7 cm³/mol. The molecule has 114 valence electrons. The largest absolute Gasteiger partial charge is 0.325 e. The molecule has 0 bridgehead atoms. The summed E-state index contributed by atoms with van der Waals surface area (Å²) in [5.41, 5.74) is 3.45. The van der Waals surface area contributed by atoms with Crippen molar-refractivity contribution in [2.45, 2.75) is 39.2 Å². The van der Waals surface area contributed by atoms with Crippen LogP contribution in [-0.2, 0) is 0 Å². The molecule has 2 nitrogen and oxygen atoms in total. The van der Waals surface area contributed by atoms with Gasteiger partial charge in [-0.2, -0.15) is 0 Å². The summed E-state index contributed by atoms with van der Waals surface area (Å²) < 4.78 is 2.32. The first kappa shape index (κ1) is 15.1. The van der Waals surface area contributed by atoms with E-state index in [1.54, 1.807) is 0 Å². The van der Waals surface area contributed by atoms with Gasteiger partial charge < -0.3 is 4.57 Å². The molecule has 3 rings (SSSR count). The van der Waals surface area contributed by atoms with Gasteiger partial charge in [-0.25, -0.2) is 4.98 Å². The fourth-order valence-corrected chi connectivity index (χ4v) is 3.29. The maximum absolute atomic E-state index is 6.19. The molecule has 2 aromatic carbocycles. The molecule has 0 saturated heterocycles. The zero-order chi connectivity index (χ0) is 15.7. The molecular formula is C19H21ClN2. The molecule has 1 aromatic heterocycles. The first-order valence-corrected chi connectivity index (χ1v) is 8.22. The van der Waals surface area contributed by atoms with Crippen LogP contribution in [-0.4, -0.2) is 9.55 Å². The Morgan fingerprint density at radius 2 is 1.82 bits per heavy atom. The van der Waals surface area contributed by atoms with Crippen LogP contribution in [0.25, 0.3) is 11.0 Å². The average molecular weight is 313 g/mol. The number of aromatic nitrogens is 2. The summed E-state index contributed by atoms with van der Waals surface area (Å²) in [7, 11) is 0. The molecule has 3 heteroatoms. The number of rotatable bonds is 4. The van der Waals surface area contributed by atoms with Crippen LogP contribution in [0.15, 0.2) is 48.5 Å². The maximum atomic E-state index is 6.19. The Balaban J connectivity index is 2.23. The monoisotopic (exact) mass is 312 g/mol. The predicted octanol–water partition coefficient (Wildman–Crippen LogP) is 5.81. The van der Waals surface area contributed by atoms with E-state index >= 15 is 0 Å². The number of nitrogens with zero attached hydrogens (tertiary/aromatic N) is 2. The molecule has 0 spiro atoms. The second kappa shape index (κ2) is 6.13. The van der Waals surface area contributed by atoms with E-state index in [-0.39, 0.29) is 0 Å². The fourth-order valence-electron chi connectivity index (χ4n) is 3.13. The van der Waals surface area contributed by atoms with Gasteiger partial charge in [-0.15, -0.1) is 0 Å². The number of hydrogen-bond acceptors (Lipinski definition) is 1. The molecule has 0 fully saturated rings. The number of hydrogen-bond donors (Lipinski definition) is 0. The van der Waals surface area contributed by atoms with Crippen molar-refractivity contribution in [3.63, 3.8) is 0 Å². The Kier molecular flexibility index (Phi) is 4.21. The van der Waals surface area contributed by atoms with Crippen LogP contribution in [0.5, 0.6) is 0 Å². The number of fused-ring (bicyclic) bond motifs is 1. The highest BCUT2D eigenvalue weighted by atomic mass is 35.5. The lowest BCUT2D eigenvalue weighted by Crippen LogP contribution is -2.11. The SMILES string of the molecule is CCC(c1ccccc1)c1nc2ccc(Cl)cc2n1C(C)C. The summed E-state index contributed by atoms with van der Waals surface area (Å²) >= 11 is 6.19. The van der Waals surface area contributed by atoms with Crippen molar-refractivity contribution in [3.05, 3.63) is 64.9 Å². The fraction of sp³-hybridized carbons (Fsp3) is 0.316. The number of imidazole rings is 1. The zero-order valence-electron chi connectivity index (χ0n) is 13.3. The highest BCUT2D eigenvalue weighted by Gasteiger charge is 2.22. The summed E-state index contributed by atoms with van der Waals surface area (Å²) in [6.45, 7) is 6.61. The van der Waals surface area contributed by atoms with Crippen molar-refractivity contribution in [2.75, 3.05) is 0 Å². The molecule has 3 aromatic rings. The van der Waals surface area contributed by atoms with Gasteiger partial charge in [0.25, 0.3) is 0 Å². The van der Waals surface area contributed by atoms with Crippen molar-refractivity contribution in [1.82, 2.24) is 9.55 Å².